The van der Waals surface area contributed by atoms with E-state index >= 15 is 0 Å². The molecule has 0 aromatic carbocycles. The second-order valence-electron chi connectivity index (χ2n) is 3.63. The quantitative estimate of drug-likeness (QED) is 0.458. The molecule has 0 amide bonds. The fourth-order valence-corrected chi connectivity index (χ4v) is 2.50. The minimum atomic E-state index is -0.695. The zero-order valence-electron chi connectivity index (χ0n) is 9.66. The molecular formula is C10H21ClO3S. The summed E-state index contributed by atoms with van der Waals surface area (Å²) in [5.74, 6) is 0.358. The van der Waals surface area contributed by atoms with E-state index in [2.05, 4.69) is 6.26 Å². The lowest BCUT2D eigenvalue weighted by Crippen LogP contribution is -3.00. The van der Waals surface area contributed by atoms with Gasteiger partial charge in [-0.1, -0.05) is 0 Å². The van der Waals surface area contributed by atoms with Gasteiger partial charge in [0, 0.05) is 6.42 Å². The maximum absolute atomic E-state index is 10.2. The van der Waals surface area contributed by atoms with Crippen LogP contribution in [0.3, 0.4) is 0 Å². The van der Waals surface area contributed by atoms with Crippen LogP contribution < -0.4 is 12.4 Å². The van der Waals surface area contributed by atoms with Crippen molar-refractivity contribution < 1.29 is 26.5 Å². The summed E-state index contributed by atoms with van der Waals surface area (Å²) in [5.41, 5.74) is 0. The van der Waals surface area contributed by atoms with Gasteiger partial charge in [-0.25, -0.2) is 0 Å². The van der Waals surface area contributed by atoms with Crippen molar-refractivity contribution in [3.05, 3.63) is 0 Å². The molecule has 15 heavy (non-hydrogen) atoms. The first-order valence-corrected chi connectivity index (χ1v) is 6.76. The summed E-state index contributed by atoms with van der Waals surface area (Å²) in [6.45, 7) is 4.07. The Balaban J connectivity index is 0. The summed E-state index contributed by atoms with van der Waals surface area (Å²) in [7, 11) is 0. The molecule has 1 unspecified atom stereocenters. The Labute approximate surface area is 102 Å². The van der Waals surface area contributed by atoms with Crippen LogP contribution >= 0.6 is 0 Å². The third-order valence-corrected chi connectivity index (χ3v) is 3.26. The standard InChI is InChI=1S/C10H20O3S.ClH/c1-9(2)13-14(3)8-6-4-5-7-10(11)12;/h9H,4-8H2,1-3H3;1H. The summed E-state index contributed by atoms with van der Waals surface area (Å²) >= 11 is 0.0383. The third-order valence-electron chi connectivity index (χ3n) is 1.68. The SMILES string of the molecule is CC(C)O[S+](C)CCCCCC(=O)O.[Cl-]. The highest BCUT2D eigenvalue weighted by Gasteiger charge is 2.14. The van der Waals surface area contributed by atoms with Crippen LogP contribution in [0.2, 0.25) is 0 Å². The number of carbonyl (C=O) groups is 1. The van der Waals surface area contributed by atoms with Crippen LogP contribution in [-0.2, 0) is 20.2 Å². The highest BCUT2D eigenvalue weighted by Crippen LogP contribution is 2.06. The van der Waals surface area contributed by atoms with Gasteiger partial charge in [-0.2, -0.15) is 4.18 Å². The molecule has 0 saturated carbocycles. The van der Waals surface area contributed by atoms with E-state index in [0.29, 0.717) is 12.5 Å². The first-order valence-electron chi connectivity index (χ1n) is 5.04. The zero-order chi connectivity index (χ0) is 11.0. The normalized spacial score (nSPS) is 12.3. The zero-order valence-corrected chi connectivity index (χ0v) is 11.2. The number of rotatable bonds is 8. The molecule has 1 N–H and O–H groups in total. The fraction of sp³-hybridized carbons (Fsp3) is 0.900. The molecule has 0 bridgehead atoms. The molecule has 92 valence electrons. The highest BCUT2D eigenvalue weighted by molar-refractivity contribution is 7.91. The van der Waals surface area contributed by atoms with Crippen LogP contribution in [0.15, 0.2) is 0 Å². The van der Waals surface area contributed by atoms with Crippen LogP contribution in [0.4, 0.5) is 0 Å². The van der Waals surface area contributed by atoms with E-state index in [4.69, 9.17) is 9.29 Å². The second-order valence-corrected chi connectivity index (χ2v) is 5.37. The smallest absolute Gasteiger partial charge is 0.303 e. The molecule has 0 aliphatic carbocycles. The Bertz CT molecular complexity index is 165. The average molecular weight is 257 g/mol. The maximum atomic E-state index is 10.2. The number of unbranched alkanes of at least 4 members (excludes halogenated alkanes) is 2. The number of carboxylic acids is 1. The summed E-state index contributed by atoms with van der Waals surface area (Å²) in [6.07, 6.45) is 5.53. The van der Waals surface area contributed by atoms with Crippen LogP contribution in [0.25, 0.3) is 0 Å². The first-order chi connectivity index (χ1) is 6.52. The van der Waals surface area contributed by atoms with Crippen molar-refractivity contribution in [2.75, 3.05) is 12.0 Å². The largest absolute Gasteiger partial charge is 1.00 e. The van der Waals surface area contributed by atoms with Crippen molar-refractivity contribution in [1.82, 2.24) is 0 Å². The molecule has 1 atom stereocenters. The Hall–Kier alpha value is 0.0700. The number of carboxylic acid groups (broad SMARTS) is 1. The lowest BCUT2D eigenvalue weighted by atomic mass is 10.2. The Morgan fingerprint density at radius 2 is 1.93 bits per heavy atom. The molecule has 0 radical (unpaired) electrons. The van der Waals surface area contributed by atoms with E-state index in [1.165, 1.54) is 0 Å². The molecule has 0 saturated heterocycles. The Morgan fingerprint density at radius 3 is 2.40 bits per heavy atom. The molecule has 0 aromatic heterocycles. The van der Waals surface area contributed by atoms with Gasteiger partial charge in [0.1, 0.15) is 29.3 Å². The molecule has 5 heteroatoms. The molecule has 3 nitrogen and oxygen atoms in total. The van der Waals surface area contributed by atoms with Crippen LogP contribution in [-0.4, -0.2) is 29.2 Å². The topological polar surface area (TPSA) is 46.5 Å². The molecule has 0 aromatic rings. The molecule has 0 aliphatic rings. The van der Waals surface area contributed by atoms with E-state index in [0.717, 1.165) is 25.0 Å². The van der Waals surface area contributed by atoms with Gasteiger partial charge in [0.15, 0.2) is 0 Å². The minimum absolute atomic E-state index is 0. The van der Waals surface area contributed by atoms with Crippen molar-refractivity contribution in [1.29, 1.82) is 0 Å². The molecule has 0 spiro atoms. The van der Waals surface area contributed by atoms with Gasteiger partial charge in [0.25, 0.3) is 0 Å². The lowest BCUT2D eigenvalue weighted by molar-refractivity contribution is -0.137. The van der Waals surface area contributed by atoms with Crippen molar-refractivity contribution in [2.24, 2.45) is 0 Å². The molecule has 0 heterocycles. The summed E-state index contributed by atoms with van der Waals surface area (Å²) in [5, 5.41) is 8.42. The number of hydrogen-bond donors (Lipinski definition) is 1. The third kappa shape index (κ3) is 14.1. The average Bonchev–Trinajstić information content (AvgIpc) is 2.01. The van der Waals surface area contributed by atoms with E-state index in [1.54, 1.807) is 0 Å². The van der Waals surface area contributed by atoms with Gasteiger partial charge in [-0.05, 0) is 33.1 Å². The summed E-state index contributed by atoms with van der Waals surface area (Å²) in [6, 6.07) is 0. The van der Waals surface area contributed by atoms with Gasteiger partial charge in [0.05, 0.1) is 0 Å². The van der Waals surface area contributed by atoms with E-state index < -0.39 is 5.97 Å². The van der Waals surface area contributed by atoms with Crippen LogP contribution in [0.5, 0.6) is 0 Å². The maximum Gasteiger partial charge on any atom is 0.303 e. The number of hydrogen-bond acceptors (Lipinski definition) is 2. The molecule has 0 rings (SSSR count). The minimum Gasteiger partial charge on any atom is -1.00 e. The van der Waals surface area contributed by atoms with Gasteiger partial charge in [-0.15, -0.1) is 0 Å². The van der Waals surface area contributed by atoms with E-state index in [-0.39, 0.29) is 23.6 Å². The predicted octanol–water partition coefficient (Wildman–Crippen LogP) is -0.776. The molecule has 0 fully saturated rings. The Kier molecular flexibility index (Phi) is 12.3. The summed E-state index contributed by atoms with van der Waals surface area (Å²) < 4.78 is 5.59. The predicted molar refractivity (Wildman–Crippen MR) is 60.5 cm³/mol. The van der Waals surface area contributed by atoms with Crippen molar-refractivity contribution in [3.8, 4) is 0 Å². The second kappa shape index (κ2) is 10.6. The highest BCUT2D eigenvalue weighted by atomic mass is 35.5. The van der Waals surface area contributed by atoms with Crippen LogP contribution in [0.1, 0.15) is 39.5 Å². The number of aliphatic carboxylic acids is 1. The van der Waals surface area contributed by atoms with Gasteiger partial charge in [0.2, 0.25) is 0 Å². The van der Waals surface area contributed by atoms with Gasteiger partial charge >= 0.3 is 5.97 Å². The molecular weight excluding hydrogens is 236 g/mol. The van der Waals surface area contributed by atoms with Crippen molar-refractivity contribution in [3.63, 3.8) is 0 Å². The lowest BCUT2D eigenvalue weighted by Gasteiger charge is -2.04. The van der Waals surface area contributed by atoms with E-state index in [1.807, 2.05) is 13.8 Å². The monoisotopic (exact) mass is 256 g/mol. The van der Waals surface area contributed by atoms with Crippen molar-refractivity contribution in [2.45, 2.75) is 45.6 Å². The molecule has 0 aliphatic heterocycles. The summed E-state index contributed by atoms with van der Waals surface area (Å²) in [4.78, 5) is 10.2. The number of halogens is 1. The van der Waals surface area contributed by atoms with E-state index in [9.17, 15) is 4.79 Å². The fourth-order valence-electron chi connectivity index (χ4n) is 1.13. The van der Waals surface area contributed by atoms with Crippen LogP contribution in [0, 0.1) is 0 Å². The first kappa shape index (κ1) is 17.5. The van der Waals surface area contributed by atoms with Gasteiger partial charge in [-0.3, -0.25) is 4.79 Å². The Morgan fingerprint density at radius 1 is 1.33 bits per heavy atom. The van der Waals surface area contributed by atoms with Gasteiger partial charge < -0.3 is 17.5 Å². The van der Waals surface area contributed by atoms with Crippen molar-refractivity contribution >= 4 is 17.1 Å².